The Morgan fingerprint density at radius 1 is 1.35 bits per heavy atom. The quantitative estimate of drug-likeness (QED) is 0.854. The van der Waals surface area contributed by atoms with Crippen molar-refractivity contribution in [1.82, 2.24) is 10.2 Å². The van der Waals surface area contributed by atoms with Crippen LogP contribution in [0.3, 0.4) is 0 Å². The van der Waals surface area contributed by atoms with Gasteiger partial charge in [-0.1, -0.05) is 25.0 Å². The Kier molecular flexibility index (Phi) is 5.55. The topological polar surface area (TPSA) is 15.3 Å². The zero-order valence-electron chi connectivity index (χ0n) is 13.0. The summed E-state index contributed by atoms with van der Waals surface area (Å²) in [5, 5.41) is 3.32. The molecule has 0 aliphatic heterocycles. The molecule has 20 heavy (non-hydrogen) atoms. The van der Waals surface area contributed by atoms with Crippen LogP contribution in [0.25, 0.3) is 0 Å². The van der Waals surface area contributed by atoms with Gasteiger partial charge in [-0.15, -0.1) is 0 Å². The van der Waals surface area contributed by atoms with Gasteiger partial charge in [0.25, 0.3) is 0 Å². The minimum atomic E-state index is -0.105. The van der Waals surface area contributed by atoms with Gasteiger partial charge in [-0.05, 0) is 64.0 Å². The van der Waals surface area contributed by atoms with Gasteiger partial charge in [0.1, 0.15) is 5.82 Å². The fourth-order valence-corrected chi connectivity index (χ4v) is 3.16. The van der Waals surface area contributed by atoms with E-state index in [0.717, 1.165) is 24.6 Å². The van der Waals surface area contributed by atoms with Crippen molar-refractivity contribution in [2.75, 3.05) is 20.6 Å². The van der Waals surface area contributed by atoms with E-state index in [0.29, 0.717) is 5.56 Å². The molecule has 0 amide bonds. The third-order valence-electron chi connectivity index (χ3n) is 4.67. The van der Waals surface area contributed by atoms with Crippen molar-refractivity contribution in [1.29, 1.82) is 0 Å². The van der Waals surface area contributed by atoms with Crippen molar-refractivity contribution in [2.24, 2.45) is 0 Å². The summed E-state index contributed by atoms with van der Waals surface area (Å²) in [7, 11) is 4.18. The van der Waals surface area contributed by atoms with Crippen LogP contribution in [0.1, 0.15) is 49.3 Å². The molecule has 1 aromatic carbocycles. The average molecular weight is 278 g/mol. The van der Waals surface area contributed by atoms with Gasteiger partial charge in [0, 0.05) is 12.1 Å². The molecule has 112 valence electrons. The zero-order valence-corrected chi connectivity index (χ0v) is 13.0. The molecule has 1 fully saturated rings. The van der Waals surface area contributed by atoms with Gasteiger partial charge < -0.3 is 10.2 Å². The highest BCUT2D eigenvalue weighted by atomic mass is 19.1. The predicted octanol–water partition coefficient (Wildman–Crippen LogP) is 3.66. The molecule has 0 radical (unpaired) electrons. The van der Waals surface area contributed by atoms with E-state index in [9.17, 15) is 4.39 Å². The lowest BCUT2D eigenvalue weighted by Crippen LogP contribution is -2.32. The van der Waals surface area contributed by atoms with Crippen LogP contribution in [0, 0.1) is 12.7 Å². The summed E-state index contributed by atoms with van der Waals surface area (Å²) in [6, 6.07) is 6.56. The van der Waals surface area contributed by atoms with Gasteiger partial charge >= 0.3 is 0 Å². The number of hydrogen-bond acceptors (Lipinski definition) is 2. The standard InChI is InChI=1S/C17H27FN2/c1-13-8-9-14(12-16(13)18)17(19-2)10-11-20(3)15-6-4-5-7-15/h8-9,12,15,17,19H,4-7,10-11H2,1-3H3. The maximum Gasteiger partial charge on any atom is 0.126 e. The van der Waals surface area contributed by atoms with E-state index in [1.165, 1.54) is 25.7 Å². The molecule has 1 saturated carbocycles. The van der Waals surface area contributed by atoms with Crippen molar-refractivity contribution in [3.63, 3.8) is 0 Å². The van der Waals surface area contributed by atoms with E-state index in [4.69, 9.17) is 0 Å². The number of hydrogen-bond donors (Lipinski definition) is 1. The second-order valence-corrected chi connectivity index (χ2v) is 6.06. The zero-order chi connectivity index (χ0) is 14.5. The Balaban J connectivity index is 1.92. The number of nitrogens with zero attached hydrogens (tertiary/aromatic N) is 1. The summed E-state index contributed by atoms with van der Waals surface area (Å²) in [5.74, 6) is -0.105. The number of nitrogens with one attached hydrogen (secondary N) is 1. The van der Waals surface area contributed by atoms with Gasteiger partial charge in [-0.3, -0.25) is 0 Å². The molecular weight excluding hydrogens is 251 g/mol. The van der Waals surface area contributed by atoms with E-state index >= 15 is 0 Å². The second-order valence-electron chi connectivity index (χ2n) is 6.06. The summed E-state index contributed by atoms with van der Waals surface area (Å²) in [4.78, 5) is 2.47. The Labute approximate surface area is 122 Å². The van der Waals surface area contributed by atoms with Gasteiger partial charge in [-0.25, -0.2) is 4.39 Å². The van der Waals surface area contributed by atoms with E-state index < -0.39 is 0 Å². The number of halogens is 1. The third-order valence-corrected chi connectivity index (χ3v) is 4.67. The molecule has 0 saturated heterocycles. The normalized spacial score (nSPS) is 17.9. The lowest BCUT2D eigenvalue weighted by atomic mass is 10.0. The van der Waals surface area contributed by atoms with Crippen LogP contribution in [0.4, 0.5) is 4.39 Å². The first kappa shape index (κ1) is 15.5. The summed E-state index contributed by atoms with van der Waals surface area (Å²) < 4.78 is 13.7. The Morgan fingerprint density at radius 2 is 2.05 bits per heavy atom. The monoisotopic (exact) mass is 278 g/mol. The highest BCUT2D eigenvalue weighted by molar-refractivity contribution is 5.25. The lowest BCUT2D eigenvalue weighted by Gasteiger charge is -2.26. The first-order chi connectivity index (χ1) is 9.61. The maximum absolute atomic E-state index is 13.7. The molecule has 1 unspecified atom stereocenters. The second kappa shape index (κ2) is 7.19. The van der Waals surface area contributed by atoms with Gasteiger partial charge in [0.2, 0.25) is 0 Å². The van der Waals surface area contributed by atoms with Crippen molar-refractivity contribution in [3.8, 4) is 0 Å². The molecule has 1 N–H and O–H groups in total. The molecule has 1 aromatic rings. The van der Waals surface area contributed by atoms with Crippen LogP contribution < -0.4 is 5.32 Å². The summed E-state index contributed by atoms with van der Waals surface area (Å²) in [5.41, 5.74) is 1.77. The number of benzene rings is 1. The van der Waals surface area contributed by atoms with Crippen LogP contribution in [0.15, 0.2) is 18.2 Å². The molecule has 1 aliphatic rings. The van der Waals surface area contributed by atoms with E-state index in [-0.39, 0.29) is 11.9 Å². The number of rotatable bonds is 6. The SMILES string of the molecule is CNC(CCN(C)C1CCCC1)c1ccc(C)c(F)c1. The fraction of sp³-hybridized carbons (Fsp3) is 0.647. The predicted molar refractivity (Wildman–Crippen MR) is 82.4 cm³/mol. The van der Waals surface area contributed by atoms with Crippen molar-refractivity contribution in [3.05, 3.63) is 35.1 Å². The minimum Gasteiger partial charge on any atom is -0.313 e. The molecule has 0 bridgehead atoms. The molecule has 2 nitrogen and oxygen atoms in total. The Bertz CT molecular complexity index is 427. The molecule has 1 atom stereocenters. The highest BCUT2D eigenvalue weighted by Gasteiger charge is 2.20. The van der Waals surface area contributed by atoms with Crippen LogP contribution in [-0.4, -0.2) is 31.6 Å². The molecule has 2 rings (SSSR count). The first-order valence-electron chi connectivity index (χ1n) is 7.75. The van der Waals surface area contributed by atoms with E-state index in [1.807, 2.05) is 19.2 Å². The van der Waals surface area contributed by atoms with E-state index in [1.54, 1.807) is 13.0 Å². The van der Waals surface area contributed by atoms with Crippen LogP contribution in [-0.2, 0) is 0 Å². The molecule has 0 heterocycles. The molecule has 1 aliphatic carbocycles. The first-order valence-corrected chi connectivity index (χ1v) is 7.75. The van der Waals surface area contributed by atoms with Crippen LogP contribution >= 0.6 is 0 Å². The van der Waals surface area contributed by atoms with Gasteiger partial charge in [-0.2, -0.15) is 0 Å². The summed E-state index contributed by atoms with van der Waals surface area (Å²) >= 11 is 0. The Hall–Kier alpha value is -0.930. The third kappa shape index (κ3) is 3.80. The smallest absolute Gasteiger partial charge is 0.126 e. The van der Waals surface area contributed by atoms with Crippen LogP contribution in [0.2, 0.25) is 0 Å². The van der Waals surface area contributed by atoms with Gasteiger partial charge in [0.05, 0.1) is 0 Å². The summed E-state index contributed by atoms with van der Waals surface area (Å²) in [6.07, 6.45) is 6.42. The lowest BCUT2D eigenvalue weighted by molar-refractivity contribution is 0.233. The number of aryl methyl sites for hydroxylation is 1. The maximum atomic E-state index is 13.7. The average Bonchev–Trinajstić information content (AvgIpc) is 2.97. The van der Waals surface area contributed by atoms with Crippen molar-refractivity contribution < 1.29 is 4.39 Å². The minimum absolute atomic E-state index is 0.105. The van der Waals surface area contributed by atoms with Crippen LogP contribution in [0.5, 0.6) is 0 Å². The molecule has 3 heteroatoms. The van der Waals surface area contributed by atoms with E-state index in [2.05, 4.69) is 17.3 Å². The highest BCUT2D eigenvalue weighted by Crippen LogP contribution is 2.24. The molecule has 0 spiro atoms. The van der Waals surface area contributed by atoms with Crippen molar-refractivity contribution >= 4 is 0 Å². The molecular formula is C17H27FN2. The largest absolute Gasteiger partial charge is 0.313 e. The fourth-order valence-electron chi connectivity index (χ4n) is 3.16. The Morgan fingerprint density at radius 3 is 2.65 bits per heavy atom. The molecule has 0 aromatic heterocycles. The van der Waals surface area contributed by atoms with Crippen molar-refractivity contribution in [2.45, 2.75) is 51.1 Å². The summed E-state index contributed by atoms with van der Waals surface area (Å²) in [6.45, 7) is 2.87. The van der Waals surface area contributed by atoms with Gasteiger partial charge in [0.15, 0.2) is 0 Å².